The number of aryl methyl sites for hydroxylation is 2. The summed E-state index contributed by atoms with van der Waals surface area (Å²) in [6.45, 7) is 11.5. The van der Waals surface area contributed by atoms with Gasteiger partial charge in [0, 0.05) is 12.8 Å². The Hall–Kier alpha value is -2.62. The minimum atomic E-state index is 0.00258. The molecule has 32 heavy (non-hydrogen) atoms. The van der Waals surface area contributed by atoms with Crippen molar-refractivity contribution in [2.75, 3.05) is 0 Å². The van der Waals surface area contributed by atoms with E-state index in [0.29, 0.717) is 24.0 Å². The summed E-state index contributed by atoms with van der Waals surface area (Å²) in [7, 11) is 0. The molecule has 0 unspecified atom stereocenters. The summed E-state index contributed by atoms with van der Waals surface area (Å²) in [5, 5.41) is 20.6. The van der Waals surface area contributed by atoms with Crippen LogP contribution in [-0.4, -0.2) is 21.8 Å². The smallest absolute Gasteiger partial charge is 0.166 e. The van der Waals surface area contributed by atoms with Crippen molar-refractivity contribution in [1.29, 1.82) is 0 Å². The molecule has 0 amide bonds. The van der Waals surface area contributed by atoms with Gasteiger partial charge in [0.05, 0.1) is 11.1 Å². The minimum absolute atomic E-state index is 0.00258. The number of ketones is 2. The van der Waals surface area contributed by atoms with Gasteiger partial charge in [-0.25, -0.2) is 0 Å². The molecule has 0 aliphatic carbocycles. The van der Waals surface area contributed by atoms with Gasteiger partial charge in [-0.2, -0.15) is 0 Å². The van der Waals surface area contributed by atoms with Crippen LogP contribution in [0.4, 0.5) is 0 Å². The molecule has 0 saturated carbocycles. The van der Waals surface area contributed by atoms with Gasteiger partial charge in [0.25, 0.3) is 0 Å². The Morgan fingerprint density at radius 1 is 0.562 bits per heavy atom. The minimum Gasteiger partial charge on any atom is -0.507 e. The molecule has 0 aliphatic rings. The van der Waals surface area contributed by atoms with Crippen LogP contribution in [0.15, 0.2) is 12.1 Å². The highest BCUT2D eigenvalue weighted by atomic mass is 16.3. The predicted octanol–water partition coefficient (Wildman–Crippen LogP) is 7.13. The van der Waals surface area contributed by atoms with Gasteiger partial charge in [0.2, 0.25) is 0 Å². The Morgan fingerprint density at radius 3 is 1.22 bits per heavy atom. The molecule has 4 heteroatoms. The molecule has 4 nitrogen and oxygen atoms in total. The third-order valence-electron chi connectivity index (χ3n) is 6.91. The zero-order valence-electron chi connectivity index (χ0n) is 20.5. The predicted molar refractivity (Wildman–Crippen MR) is 130 cm³/mol. The molecule has 0 aliphatic heterocycles. The van der Waals surface area contributed by atoms with Crippen LogP contribution < -0.4 is 0 Å². The monoisotopic (exact) mass is 438 g/mol. The quantitative estimate of drug-likeness (QED) is 0.289. The van der Waals surface area contributed by atoms with E-state index in [9.17, 15) is 19.8 Å². The molecule has 2 aromatic rings. The first-order valence-corrected chi connectivity index (χ1v) is 11.7. The average Bonchev–Trinajstić information content (AvgIpc) is 2.77. The third kappa shape index (κ3) is 5.99. The fraction of sp³-hybridized carbons (Fsp3) is 0.500. The van der Waals surface area contributed by atoms with E-state index in [2.05, 4.69) is 0 Å². The van der Waals surface area contributed by atoms with Crippen LogP contribution in [0, 0.1) is 41.5 Å². The molecule has 2 rings (SSSR count). The van der Waals surface area contributed by atoms with Crippen LogP contribution in [0.1, 0.15) is 105 Å². The van der Waals surface area contributed by atoms with Crippen molar-refractivity contribution in [2.24, 2.45) is 0 Å². The van der Waals surface area contributed by atoms with Crippen LogP contribution in [0.3, 0.4) is 0 Å². The second-order valence-electron chi connectivity index (χ2n) is 9.15. The maximum atomic E-state index is 12.5. The summed E-state index contributed by atoms with van der Waals surface area (Å²) in [6.07, 6.45) is 6.46. The number of Topliss-reactive ketones (excluding diaryl/α,β-unsaturated/α-hetero) is 2. The lowest BCUT2D eigenvalue weighted by Crippen LogP contribution is -2.03. The summed E-state index contributed by atoms with van der Waals surface area (Å²) in [6, 6.07) is 3.59. The topological polar surface area (TPSA) is 74.6 Å². The first-order valence-electron chi connectivity index (χ1n) is 11.7. The van der Waals surface area contributed by atoms with Crippen molar-refractivity contribution in [3.63, 3.8) is 0 Å². The van der Waals surface area contributed by atoms with Gasteiger partial charge in [-0.05, 0) is 99.9 Å². The third-order valence-corrected chi connectivity index (χ3v) is 6.91. The van der Waals surface area contributed by atoms with Crippen LogP contribution in [-0.2, 0) is 0 Å². The zero-order valence-corrected chi connectivity index (χ0v) is 20.5. The van der Waals surface area contributed by atoms with E-state index in [1.165, 1.54) is 0 Å². The normalized spacial score (nSPS) is 11.1. The van der Waals surface area contributed by atoms with Gasteiger partial charge in [-0.1, -0.05) is 25.7 Å². The SMILES string of the molecule is Cc1cc(C(=O)CCCCCCCCC(=O)c2cc(C)c(C)c(C)c2O)c(O)c(C)c1C. The highest BCUT2D eigenvalue weighted by molar-refractivity contribution is 6.00. The lowest BCUT2D eigenvalue weighted by molar-refractivity contribution is 0.0966. The Balaban J connectivity index is 1.69. The Kier molecular flexibility index (Phi) is 9.06. The largest absolute Gasteiger partial charge is 0.507 e. The number of aromatic hydroxyl groups is 2. The molecule has 0 aromatic heterocycles. The molecule has 2 N–H and O–H groups in total. The van der Waals surface area contributed by atoms with Crippen LogP contribution >= 0.6 is 0 Å². The Labute approximate surface area is 192 Å². The number of hydrogen-bond donors (Lipinski definition) is 2. The van der Waals surface area contributed by atoms with Crippen molar-refractivity contribution >= 4 is 11.6 Å². The second kappa shape index (κ2) is 11.3. The second-order valence-corrected chi connectivity index (χ2v) is 9.15. The lowest BCUT2D eigenvalue weighted by Gasteiger charge is -2.12. The maximum absolute atomic E-state index is 12.5. The van der Waals surface area contributed by atoms with E-state index in [4.69, 9.17) is 0 Å². The van der Waals surface area contributed by atoms with E-state index in [1.807, 2.05) is 41.5 Å². The van der Waals surface area contributed by atoms with Gasteiger partial charge in [-0.15, -0.1) is 0 Å². The number of phenolic OH excluding ortho intramolecular Hbond substituents is 2. The molecule has 0 bridgehead atoms. The number of hydrogen-bond acceptors (Lipinski definition) is 4. The molecule has 0 heterocycles. The first-order chi connectivity index (χ1) is 15.1. The zero-order chi connectivity index (χ0) is 24.0. The molecule has 0 radical (unpaired) electrons. The number of carbonyl (C=O) groups excluding carboxylic acids is 2. The molecule has 0 fully saturated rings. The van der Waals surface area contributed by atoms with Gasteiger partial charge in [-0.3, -0.25) is 9.59 Å². The van der Waals surface area contributed by atoms with Gasteiger partial charge >= 0.3 is 0 Å². The molecule has 0 saturated heterocycles. The highest BCUT2D eigenvalue weighted by Gasteiger charge is 2.17. The molecular formula is C28H38O4. The summed E-state index contributed by atoms with van der Waals surface area (Å²) >= 11 is 0. The van der Waals surface area contributed by atoms with E-state index < -0.39 is 0 Å². The van der Waals surface area contributed by atoms with E-state index in [0.717, 1.165) is 71.9 Å². The summed E-state index contributed by atoms with van der Waals surface area (Å²) in [5.74, 6) is 0.242. The number of carbonyl (C=O) groups is 2. The van der Waals surface area contributed by atoms with Crippen molar-refractivity contribution in [2.45, 2.75) is 92.9 Å². The molecule has 0 spiro atoms. The fourth-order valence-electron chi connectivity index (χ4n) is 4.11. The van der Waals surface area contributed by atoms with Crippen LogP contribution in [0.2, 0.25) is 0 Å². The van der Waals surface area contributed by atoms with E-state index >= 15 is 0 Å². The van der Waals surface area contributed by atoms with Crippen molar-refractivity contribution in [1.82, 2.24) is 0 Å². The molecule has 174 valence electrons. The van der Waals surface area contributed by atoms with Gasteiger partial charge < -0.3 is 10.2 Å². The number of rotatable bonds is 11. The number of phenols is 2. The average molecular weight is 439 g/mol. The van der Waals surface area contributed by atoms with Gasteiger partial charge in [0.15, 0.2) is 11.6 Å². The number of benzene rings is 2. The van der Waals surface area contributed by atoms with Crippen molar-refractivity contribution in [3.05, 3.63) is 56.6 Å². The molecule has 0 atom stereocenters. The van der Waals surface area contributed by atoms with Crippen LogP contribution in [0.25, 0.3) is 0 Å². The first kappa shape index (κ1) is 25.6. The summed E-state index contributed by atoms with van der Waals surface area (Å²) in [4.78, 5) is 25.0. The number of unbranched alkanes of at least 4 members (excludes halogenated alkanes) is 5. The highest BCUT2D eigenvalue weighted by Crippen LogP contribution is 2.30. The fourth-order valence-corrected chi connectivity index (χ4v) is 4.11. The summed E-state index contributed by atoms with van der Waals surface area (Å²) in [5.41, 5.74) is 6.56. The van der Waals surface area contributed by atoms with Crippen molar-refractivity contribution < 1.29 is 19.8 Å². The molecule has 2 aromatic carbocycles. The summed E-state index contributed by atoms with van der Waals surface area (Å²) < 4.78 is 0. The Bertz CT molecular complexity index is 920. The van der Waals surface area contributed by atoms with Gasteiger partial charge in [0.1, 0.15) is 11.5 Å². The standard InChI is InChI=1S/C28H38O4/c1-17-15-23(27(31)21(5)19(17)3)25(29)13-11-9-7-8-10-12-14-26(30)24-16-18(2)20(4)22(6)28(24)32/h15-16,31-32H,7-14H2,1-6H3. The molecular weight excluding hydrogens is 400 g/mol. The maximum Gasteiger partial charge on any atom is 0.166 e. The van der Waals surface area contributed by atoms with E-state index in [1.54, 1.807) is 12.1 Å². The van der Waals surface area contributed by atoms with Crippen LogP contribution in [0.5, 0.6) is 11.5 Å². The lowest BCUT2D eigenvalue weighted by atomic mass is 9.94. The van der Waals surface area contributed by atoms with Crippen molar-refractivity contribution in [3.8, 4) is 11.5 Å². The van der Waals surface area contributed by atoms with E-state index in [-0.39, 0.29) is 23.1 Å². The Morgan fingerprint density at radius 2 is 0.875 bits per heavy atom.